The number of quaternary nitrogens is 1. The van der Waals surface area contributed by atoms with Crippen LogP contribution in [0.15, 0.2) is 48.5 Å². The maximum Gasteiger partial charge on any atom is 0.335 e. The van der Waals surface area contributed by atoms with E-state index >= 15 is 0 Å². The van der Waals surface area contributed by atoms with Crippen molar-refractivity contribution in [2.75, 3.05) is 27.2 Å². The van der Waals surface area contributed by atoms with Gasteiger partial charge in [0.15, 0.2) is 5.78 Å². The molecule has 0 spiro atoms. The van der Waals surface area contributed by atoms with E-state index in [4.69, 9.17) is 9.84 Å². The second-order valence-electron chi connectivity index (χ2n) is 8.08. The van der Waals surface area contributed by atoms with Crippen LogP contribution >= 0.6 is 0 Å². The molecule has 2 aromatic rings. The lowest BCUT2D eigenvalue weighted by atomic mass is 9.97. The lowest BCUT2D eigenvalue weighted by molar-refractivity contribution is -0.903. The van der Waals surface area contributed by atoms with Crippen molar-refractivity contribution in [3.63, 3.8) is 0 Å². The van der Waals surface area contributed by atoms with E-state index in [2.05, 4.69) is 14.1 Å². The van der Waals surface area contributed by atoms with Gasteiger partial charge in [-0.05, 0) is 50.2 Å². The Morgan fingerprint density at radius 3 is 2.00 bits per heavy atom. The number of carbonyl (C=O) groups is 2. The van der Waals surface area contributed by atoms with Crippen LogP contribution in [0.5, 0.6) is 5.75 Å². The Morgan fingerprint density at radius 1 is 0.964 bits per heavy atom. The second-order valence-corrected chi connectivity index (χ2v) is 8.08. The van der Waals surface area contributed by atoms with Crippen LogP contribution in [0.3, 0.4) is 0 Å². The van der Waals surface area contributed by atoms with Crippen LogP contribution in [-0.2, 0) is 6.54 Å². The van der Waals surface area contributed by atoms with Crippen LogP contribution in [0.2, 0.25) is 0 Å². The van der Waals surface area contributed by atoms with E-state index in [9.17, 15) is 14.7 Å². The molecule has 0 aromatic heterocycles. The third kappa shape index (κ3) is 6.18. The lowest BCUT2D eigenvalue weighted by Crippen LogP contribution is -2.42. The molecule has 0 atom stereocenters. The molecule has 6 heteroatoms. The molecular weight excluding hydrogens is 358 g/mol. The summed E-state index contributed by atoms with van der Waals surface area (Å²) in [6.45, 7) is 4.94. The number of ether oxygens (including phenoxy) is 1. The summed E-state index contributed by atoms with van der Waals surface area (Å²) in [5.41, 5.74) is 0.390. The molecule has 2 N–H and O–H groups in total. The van der Waals surface area contributed by atoms with E-state index in [-0.39, 0.29) is 11.3 Å². The summed E-state index contributed by atoms with van der Waals surface area (Å²) in [5, 5.41) is 18.8. The Morgan fingerprint density at radius 2 is 1.50 bits per heavy atom. The molecular formula is C22H28NO5+. The predicted molar refractivity (Wildman–Crippen MR) is 107 cm³/mol. The number of ketones is 1. The minimum atomic E-state index is -1.40. The Kier molecular flexibility index (Phi) is 6.59. The van der Waals surface area contributed by atoms with Gasteiger partial charge >= 0.3 is 5.97 Å². The van der Waals surface area contributed by atoms with Crippen LogP contribution in [-0.4, -0.2) is 59.3 Å². The van der Waals surface area contributed by atoms with Crippen molar-refractivity contribution in [3.05, 3.63) is 65.2 Å². The molecule has 0 saturated heterocycles. The van der Waals surface area contributed by atoms with Crippen molar-refractivity contribution in [2.45, 2.75) is 26.0 Å². The number of nitrogens with zero attached hydrogens (tertiary/aromatic N) is 1. The van der Waals surface area contributed by atoms with Crippen LogP contribution in [0.1, 0.15) is 40.1 Å². The second kappa shape index (κ2) is 8.54. The zero-order chi connectivity index (χ0) is 20.9. The van der Waals surface area contributed by atoms with Crippen LogP contribution in [0.25, 0.3) is 0 Å². The highest BCUT2D eigenvalue weighted by Gasteiger charge is 2.25. The molecule has 28 heavy (non-hydrogen) atoms. The van der Waals surface area contributed by atoms with Crippen molar-refractivity contribution in [1.29, 1.82) is 0 Å². The van der Waals surface area contributed by atoms with Gasteiger partial charge in [0.1, 0.15) is 31.0 Å². The minimum absolute atomic E-state index is 0.281. The average molecular weight is 386 g/mol. The number of aliphatic hydroxyl groups is 1. The molecule has 0 saturated carbocycles. The van der Waals surface area contributed by atoms with Gasteiger partial charge in [0, 0.05) is 11.1 Å². The third-order valence-corrected chi connectivity index (χ3v) is 4.45. The smallest absolute Gasteiger partial charge is 0.335 e. The summed E-state index contributed by atoms with van der Waals surface area (Å²) in [5.74, 6) is -0.590. The molecule has 0 bridgehead atoms. The Bertz CT molecular complexity index is 818. The van der Waals surface area contributed by atoms with Crippen molar-refractivity contribution in [3.8, 4) is 5.75 Å². The molecule has 0 radical (unpaired) electrons. The quantitative estimate of drug-likeness (QED) is 0.511. The number of aromatic carboxylic acids is 1. The first-order valence-electron chi connectivity index (χ1n) is 9.12. The number of carbonyl (C=O) groups excluding carboxylic acids is 1. The maximum absolute atomic E-state index is 12.0. The molecule has 0 unspecified atom stereocenters. The molecule has 0 heterocycles. The zero-order valence-corrected chi connectivity index (χ0v) is 16.8. The molecule has 0 aliphatic heterocycles. The Labute approximate surface area is 165 Å². The minimum Gasteiger partial charge on any atom is -0.488 e. The highest BCUT2D eigenvalue weighted by Crippen LogP contribution is 2.18. The van der Waals surface area contributed by atoms with E-state index in [1.54, 1.807) is 36.4 Å². The number of Topliss-reactive ketones (excluding diaryl/α,β-unsaturated/α-hetero) is 1. The molecule has 6 nitrogen and oxygen atoms in total. The molecule has 0 fully saturated rings. The van der Waals surface area contributed by atoms with Gasteiger partial charge in [-0.25, -0.2) is 4.79 Å². The van der Waals surface area contributed by atoms with Gasteiger partial charge in [-0.1, -0.05) is 12.1 Å². The topological polar surface area (TPSA) is 83.8 Å². The summed E-state index contributed by atoms with van der Waals surface area (Å²) >= 11 is 0. The normalized spacial score (nSPS) is 11.9. The highest BCUT2D eigenvalue weighted by atomic mass is 16.5. The number of hydrogen-bond acceptors (Lipinski definition) is 4. The fourth-order valence-electron chi connectivity index (χ4n) is 2.79. The molecule has 0 aliphatic carbocycles. The number of rotatable bonds is 9. The average Bonchev–Trinajstić information content (AvgIpc) is 2.61. The first-order valence-corrected chi connectivity index (χ1v) is 9.12. The van der Waals surface area contributed by atoms with Crippen LogP contribution < -0.4 is 4.74 Å². The largest absolute Gasteiger partial charge is 0.488 e. The van der Waals surface area contributed by atoms with E-state index in [1.165, 1.54) is 13.8 Å². The van der Waals surface area contributed by atoms with Gasteiger partial charge in [0.05, 0.1) is 19.7 Å². The van der Waals surface area contributed by atoms with Crippen molar-refractivity contribution >= 4 is 11.8 Å². The van der Waals surface area contributed by atoms with Crippen molar-refractivity contribution in [2.24, 2.45) is 0 Å². The first kappa shape index (κ1) is 21.6. The van der Waals surface area contributed by atoms with Crippen LogP contribution in [0.4, 0.5) is 0 Å². The number of likely N-dealkylation sites (N-methyl/N-ethyl adjacent to an activating group) is 1. The summed E-state index contributed by atoms with van der Waals surface area (Å²) < 4.78 is 6.47. The molecule has 0 amide bonds. The highest BCUT2D eigenvalue weighted by molar-refractivity contribution is 6.01. The van der Waals surface area contributed by atoms with Crippen LogP contribution in [0, 0.1) is 0 Å². The van der Waals surface area contributed by atoms with E-state index in [0.29, 0.717) is 22.4 Å². The standard InChI is InChI=1S/C22H27NO5/c1-22(2,27)20(24)17-9-11-19(12-10-17)28-14-13-23(3,4)15-16-5-7-18(8-6-16)21(25)26/h5-12,27H,13-15H2,1-4H3/p+1. The van der Waals surface area contributed by atoms with Gasteiger partial charge in [0.2, 0.25) is 0 Å². The fourth-order valence-corrected chi connectivity index (χ4v) is 2.79. The van der Waals surface area contributed by atoms with E-state index in [0.717, 1.165) is 18.7 Å². The monoisotopic (exact) mass is 386 g/mol. The number of benzene rings is 2. The maximum atomic E-state index is 12.0. The zero-order valence-electron chi connectivity index (χ0n) is 16.8. The van der Waals surface area contributed by atoms with Gasteiger partial charge in [-0.15, -0.1) is 0 Å². The molecule has 2 rings (SSSR count). The third-order valence-electron chi connectivity index (χ3n) is 4.45. The summed E-state index contributed by atoms with van der Waals surface area (Å²) in [7, 11) is 4.17. The first-order chi connectivity index (χ1) is 13.0. The molecule has 150 valence electrons. The Balaban J connectivity index is 1.87. The molecule has 0 aliphatic rings. The summed E-state index contributed by atoms with van der Waals surface area (Å²) in [6.07, 6.45) is 0. The van der Waals surface area contributed by atoms with Crippen molar-refractivity contribution in [1.82, 2.24) is 0 Å². The summed E-state index contributed by atoms with van der Waals surface area (Å²) in [6, 6.07) is 13.7. The van der Waals surface area contributed by atoms with Gasteiger partial charge in [0.25, 0.3) is 0 Å². The van der Waals surface area contributed by atoms with E-state index < -0.39 is 11.6 Å². The number of hydrogen-bond donors (Lipinski definition) is 2. The lowest BCUT2D eigenvalue weighted by Gasteiger charge is -2.29. The van der Waals surface area contributed by atoms with E-state index in [1.807, 2.05) is 12.1 Å². The SMILES string of the molecule is CC(C)(O)C(=O)c1ccc(OCC[N+](C)(C)Cc2ccc(C(=O)O)cc2)cc1. The predicted octanol–water partition coefficient (Wildman–Crippen LogP) is 2.99. The van der Waals surface area contributed by atoms with Gasteiger partial charge < -0.3 is 19.4 Å². The van der Waals surface area contributed by atoms with Gasteiger partial charge in [-0.2, -0.15) is 0 Å². The van der Waals surface area contributed by atoms with Gasteiger partial charge in [-0.3, -0.25) is 4.79 Å². The fraction of sp³-hybridized carbons (Fsp3) is 0.364. The molecule has 2 aromatic carbocycles. The Hall–Kier alpha value is -2.70. The summed E-state index contributed by atoms with van der Waals surface area (Å²) in [4.78, 5) is 23.0. The number of carboxylic acid groups (broad SMARTS) is 1. The number of carboxylic acids is 1. The van der Waals surface area contributed by atoms with Crippen molar-refractivity contribution < 1.29 is 29.0 Å².